The fraction of sp³-hybridized carbons (Fsp3) is 0.400. The van der Waals surface area contributed by atoms with Crippen LogP contribution in [0, 0.1) is 0 Å². The molecule has 0 aliphatic heterocycles. The molecule has 0 bridgehead atoms. The normalized spacial score (nSPS) is 11.9. The summed E-state index contributed by atoms with van der Waals surface area (Å²) in [6, 6.07) is 9.01. The van der Waals surface area contributed by atoms with Crippen LogP contribution in [0.1, 0.15) is 23.7 Å². The molecule has 0 atom stereocenters. The minimum atomic E-state index is -1.18. The first-order valence-electron chi connectivity index (χ1n) is 11.7. The molecular weight excluding hydrogens is 446 g/mol. The van der Waals surface area contributed by atoms with Crippen molar-refractivity contribution in [3.8, 4) is 11.6 Å². The Hall–Kier alpha value is -3.17. The molecule has 0 spiro atoms. The van der Waals surface area contributed by atoms with Gasteiger partial charge >= 0.3 is 0 Å². The maximum Gasteiger partial charge on any atom is 0.255 e. The molecule has 9 heteroatoms. The van der Waals surface area contributed by atoms with Gasteiger partial charge in [0.1, 0.15) is 18.0 Å². The number of aryl methyl sites for hydroxylation is 1. The predicted molar refractivity (Wildman–Crippen MR) is 137 cm³/mol. The molecule has 0 saturated heterocycles. The van der Waals surface area contributed by atoms with E-state index in [1.807, 2.05) is 47.5 Å². The van der Waals surface area contributed by atoms with Gasteiger partial charge in [-0.25, -0.2) is 9.97 Å². The molecule has 180 valence electrons. The van der Waals surface area contributed by atoms with Crippen LogP contribution in [0.15, 0.2) is 42.9 Å². The molecule has 34 heavy (non-hydrogen) atoms. The molecule has 1 N–H and O–H groups in total. The van der Waals surface area contributed by atoms with E-state index in [1.54, 1.807) is 12.4 Å². The van der Waals surface area contributed by atoms with Crippen LogP contribution in [-0.4, -0.2) is 46.2 Å². The van der Waals surface area contributed by atoms with Crippen LogP contribution < -0.4 is 10.1 Å². The lowest BCUT2D eigenvalue weighted by atomic mass is 10.2. The van der Waals surface area contributed by atoms with Crippen LogP contribution in [-0.2, 0) is 18.5 Å². The van der Waals surface area contributed by atoms with E-state index >= 15 is 0 Å². The summed E-state index contributed by atoms with van der Waals surface area (Å²) in [7, 11) is 0.812. The number of carbonyl (C=O) groups is 1. The van der Waals surface area contributed by atoms with Crippen molar-refractivity contribution in [3.05, 3.63) is 48.4 Å². The Balaban J connectivity index is 1.61. The number of ether oxygens (including phenoxy) is 2. The van der Waals surface area contributed by atoms with Crippen LogP contribution in [0.2, 0.25) is 25.7 Å². The van der Waals surface area contributed by atoms with Crippen molar-refractivity contribution >= 4 is 36.0 Å². The smallest absolute Gasteiger partial charge is 0.255 e. The molecule has 3 heterocycles. The first kappa shape index (κ1) is 24.0. The summed E-state index contributed by atoms with van der Waals surface area (Å²) in [6.45, 7) is 10.6. The van der Waals surface area contributed by atoms with Gasteiger partial charge in [-0.2, -0.15) is 0 Å². The van der Waals surface area contributed by atoms with Gasteiger partial charge < -0.3 is 23.9 Å². The van der Waals surface area contributed by atoms with Gasteiger partial charge in [-0.15, -0.1) is 0 Å². The molecular formula is C25H33N5O3Si. The number of aromatic nitrogens is 4. The maximum atomic E-state index is 12.8. The average Bonchev–Trinajstić information content (AvgIpc) is 3.35. The van der Waals surface area contributed by atoms with Crippen molar-refractivity contribution in [3.63, 3.8) is 0 Å². The first-order valence-corrected chi connectivity index (χ1v) is 15.4. The van der Waals surface area contributed by atoms with Gasteiger partial charge in [0.15, 0.2) is 5.65 Å². The number of benzene rings is 1. The van der Waals surface area contributed by atoms with Crippen molar-refractivity contribution in [2.75, 3.05) is 13.2 Å². The van der Waals surface area contributed by atoms with Crippen molar-refractivity contribution in [1.82, 2.24) is 24.4 Å². The zero-order chi connectivity index (χ0) is 24.3. The van der Waals surface area contributed by atoms with E-state index in [0.29, 0.717) is 48.2 Å². The minimum Gasteiger partial charge on any atom is -0.437 e. The van der Waals surface area contributed by atoms with E-state index < -0.39 is 8.07 Å². The van der Waals surface area contributed by atoms with E-state index in [-0.39, 0.29) is 5.91 Å². The minimum absolute atomic E-state index is 0.177. The Morgan fingerprint density at radius 2 is 2.03 bits per heavy atom. The molecule has 0 saturated carbocycles. The Kier molecular flexibility index (Phi) is 7.04. The quantitative estimate of drug-likeness (QED) is 0.251. The van der Waals surface area contributed by atoms with Gasteiger partial charge in [0.2, 0.25) is 5.88 Å². The zero-order valence-electron chi connectivity index (χ0n) is 20.6. The lowest BCUT2D eigenvalue weighted by Gasteiger charge is -2.15. The summed E-state index contributed by atoms with van der Waals surface area (Å²) >= 11 is 0. The molecule has 0 aliphatic carbocycles. The third-order valence-electron chi connectivity index (χ3n) is 5.63. The fourth-order valence-electron chi connectivity index (χ4n) is 3.65. The zero-order valence-corrected chi connectivity index (χ0v) is 21.6. The molecule has 1 aromatic carbocycles. The number of hydrogen-bond donors (Lipinski definition) is 1. The van der Waals surface area contributed by atoms with E-state index in [1.165, 1.54) is 0 Å². The Bertz CT molecular complexity index is 1310. The molecule has 4 rings (SSSR count). The predicted octanol–water partition coefficient (Wildman–Crippen LogP) is 5.17. The number of fused-ring (bicyclic) bond motifs is 2. The fourth-order valence-corrected chi connectivity index (χ4v) is 4.41. The number of carbonyl (C=O) groups excluding carboxylic acids is 1. The average molecular weight is 480 g/mol. The molecule has 0 aliphatic rings. The largest absolute Gasteiger partial charge is 0.437 e. The molecule has 8 nitrogen and oxygen atoms in total. The highest BCUT2D eigenvalue weighted by atomic mass is 28.3. The third kappa shape index (κ3) is 5.48. The number of amides is 1. The van der Waals surface area contributed by atoms with Crippen molar-refractivity contribution in [2.45, 2.75) is 45.8 Å². The number of nitrogens with one attached hydrogen (secondary N) is 1. The highest BCUT2D eigenvalue weighted by molar-refractivity contribution is 6.76. The molecule has 0 fully saturated rings. The van der Waals surface area contributed by atoms with Gasteiger partial charge in [0.25, 0.3) is 5.91 Å². The van der Waals surface area contributed by atoms with Gasteiger partial charge in [0.05, 0.1) is 17.3 Å². The van der Waals surface area contributed by atoms with Gasteiger partial charge in [-0.3, -0.25) is 4.79 Å². The van der Waals surface area contributed by atoms with Crippen molar-refractivity contribution in [2.24, 2.45) is 7.05 Å². The van der Waals surface area contributed by atoms with Crippen LogP contribution >= 0.6 is 0 Å². The second-order valence-electron chi connectivity index (χ2n) is 9.75. The van der Waals surface area contributed by atoms with Crippen molar-refractivity contribution in [1.29, 1.82) is 0 Å². The van der Waals surface area contributed by atoms with Gasteiger partial charge in [-0.05, 0) is 36.1 Å². The van der Waals surface area contributed by atoms with E-state index in [0.717, 1.165) is 23.4 Å². The number of rotatable bonds is 10. The van der Waals surface area contributed by atoms with E-state index in [2.05, 4.69) is 41.0 Å². The molecule has 0 unspecified atom stereocenters. The number of hydrogen-bond acceptors (Lipinski definition) is 5. The van der Waals surface area contributed by atoms with Crippen LogP contribution in [0.3, 0.4) is 0 Å². The summed E-state index contributed by atoms with van der Waals surface area (Å²) in [5, 5.41) is 4.07. The lowest BCUT2D eigenvalue weighted by Crippen LogP contribution is -2.24. The second-order valence-corrected chi connectivity index (χ2v) is 15.4. The summed E-state index contributed by atoms with van der Waals surface area (Å²) in [4.78, 5) is 22.1. The van der Waals surface area contributed by atoms with Crippen LogP contribution in [0.4, 0.5) is 0 Å². The lowest BCUT2D eigenvalue weighted by molar-refractivity contribution is 0.0892. The second kappa shape index (κ2) is 9.98. The maximum absolute atomic E-state index is 12.8. The Morgan fingerprint density at radius 1 is 1.21 bits per heavy atom. The first-order chi connectivity index (χ1) is 16.2. The standard InChI is InChI=1S/C25H33N5O3Si/c1-6-10-26-25(31)20-16-30(17-32-12-13-34(3,4)5)24-23(20)28-22(15-27-24)33-19-8-7-18-9-11-29(2)21(18)14-19/h7-9,11,14-16H,6,10,12-13,17H2,1-5H3,(H,26,31). The Labute approximate surface area is 200 Å². The van der Waals surface area contributed by atoms with E-state index in [4.69, 9.17) is 9.47 Å². The van der Waals surface area contributed by atoms with Crippen LogP contribution in [0.5, 0.6) is 11.6 Å². The third-order valence-corrected chi connectivity index (χ3v) is 7.34. The SMILES string of the molecule is CCCNC(=O)c1cn(COCC[Si](C)(C)C)c2ncc(Oc3ccc4ccn(C)c4c3)nc12. The summed E-state index contributed by atoms with van der Waals surface area (Å²) in [5.74, 6) is 0.821. The monoisotopic (exact) mass is 479 g/mol. The van der Waals surface area contributed by atoms with E-state index in [9.17, 15) is 4.79 Å². The molecule has 0 radical (unpaired) electrons. The molecule has 4 aromatic rings. The Morgan fingerprint density at radius 3 is 2.79 bits per heavy atom. The summed E-state index contributed by atoms with van der Waals surface area (Å²) < 4.78 is 15.8. The van der Waals surface area contributed by atoms with Gasteiger partial charge in [0, 0.05) is 46.7 Å². The molecule has 3 aromatic heterocycles. The van der Waals surface area contributed by atoms with Crippen molar-refractivity contribution < 1.29 is 14.3 Å². The highest BCUT2D eigenvalue weighted by Gasteiger charge is 2.19. The highest BCUT2D eigenvalue weighted by Crippen LogP contribution is 2.27. The molecule has 1 amide bonds. The number of nitrogens with zero attached hydrogens (tertiary/aromatic N) is 4. The summed E-state index contributed by atoms with van der Waals surface area (Å²) in [5.41, 5.74) is 2.63. The topological polar surface area (TPSA) is 83.2 Å². The van der Waals surface area contributed by atoms with Crippen LogP contribution in [0.25, 0.3) is 22.1 Å². The summed E-state index contributed by atoms with van der Waals surface area (Å²) in [6.07, 6.45) is 6.22. The van der Waals surface area contributed by atoms with Gasteiger partial charge in [-0.1, -0.05) is 26.6 Å².